The highest BCUT2D eigenvalue weighted by Crippen LogP contribution is 2.15. The molecule has 0 saturated heterocycles. The maximum atomic E-state index is 5.83. The molecule has 0 aromatic rings. The number of allylic oxidation sites excluding steroid dienone is 5. The van der Waals surface area contributed by atoms with Gasteiger partial charge in [-0.2, -0.15) is 0 Å². The highest BCUT2D eigenvalue weighted by molar-refractivity contribution is 5.28. The second-order valence-corrected chi connectivity index (χ2v) is 5.86. The van der Waals surface area contributed by atoms with Crippen molar-refractivity contribution < 1.29 is 4.74 Å². The summed E-state index contributed by atoms with van der Waals surface area (Å²) in [5, 5.41) is 3.33. The second-order valence-electron chi connectivity index (χ2n) is 5.86. The van der Waals surface area contributed by atoms with Gasteiger partial charge in [0.15, 0.2) is 0 Å². The van der Waals surface area contributed by atoms with E-state index in [0.717, 1.165) is 57.3 Å². The first-order valence-electron chi connectivity index (χ1n) is 9.88. The Morgan fingerprint density at radius 3 is 2.50 bits per heavy atom. The maximum Gasteiger partial charge on any atom is 0.119 e. The molecule has 0 aliphatic carbocycles. The molecule has 0 fully saturated rings. The molecule has 26 heavy (non-hydrogen) atoms. The highest BCUT2D eigenvalue weighted by Gasteiger charge is 2.08. The third-order valence-electron chi connectivity index (χ3n) is 3.78. The number of hydrogen-bond acceptors (Lipinski definition) is 3. The molecule has 0 amide bonds. The van der Waals surface area contributed by atoms with E-state index in [-0.39, 0.29) is 6.04 Å². The zero-order chi connectivity index (χ0) is 19.5. The van der Waals surface area contributed by atoms with Gasteiger partial charge in [-0.25, -0.2) is 0 Å². The van der Waals surface area contributed by atoms with Gasteiger partial charge in [-0.3, -0.25) is 0 Å². The predicted molar refractivity (Wildman–Crippen MR) is 116 cm³/mol. The molecule has 1 unspecified atom stereocenters. The van der Waals surface area contributed by atoms with Crippen LogP contribution < -0.4 is 11.1 Å². The van der Waals surface area contributed by atoms with E-state index in [1.807, 2.05) is 44.4 Å². The summed E-state index contributed by atoms with van der Waals surface area (Å²) in [7, 11) is 0. The quantitative estimate of drug-likeness (QED) is 0.245. The summed E-state index contributed by atoms with van der Waals surface area (Å²) in [6.07, 6.45) is 23.4. The summed E-state index contributed by atoms with van der Waals surface area (Å²) in [5.41, 5.74) is 6.83. The largest absolute Gasteiger partial charge is 0.494 e. The molecule has 3 nitrogen and oxygen atoms in total. The predicted octanol–water partition coefficient (Wildman–Crippen LogP) is 5.90. The lowest BCUT2D eigenvalue weighted by Crippen LogP contribution is -2.23. The van der Waals surface area contributed by atoms with Crippen molar-refractivity contribution >= 4 is 0 Å². The molecule has 1 heterocycles. The van der Waals surface area contributed by atoms with Crippen molar-refractivity contribution in [3.05, 3.63) is 73.3 Å². The van der Waals surface area contributed by atoms with Gasteiger partial charge in [-0.1, -0.05) is 32.1 Å². The minimum atomic E-state index is 0.142. The number of unbranched alkanes of at least 4 members (excludes halogenated alkanes) is 4. The zero-order valence-corrected chi connectivity index (χ0v) is 16.8. The molecule has 0 spiro atoms. The Bertz CT molecular complexity index is 486. The van der Waals surface area contributed by atoms with E-state index in [4.69, 9.17) is 10.5 Å². The van der Waals surface area contributed by atoms with Crippen LogP contribution in [0.25, 0.3) is 0 Å². The van der Waals surface area contributed by atoms with Crippen molar-refractivity contribution in [3.8, 4) is 0 Å². The lowest BCUT2D eigenvalue weighted by atomic mass is 10.0. The van der Waals surface area contributed by atoms with E-state index < -0.39 is 0 Å². The lowest BCUT2D eigenvalue weighted by molar-refractivity contribution is 0.215. The average molecular weight is 359 g/mol. The van der Waals surface area contributed by atoms with E-state index in [2.05, 4.69) is 30.6 Å². The minimum absolute atomic E-state index is 0.142. The zero-order valence-electron chi connectivity index (χ0n) is 16.8. The van der Waals surface area contributed by atoms with E-state index in [1.165, 1.54) is 5.57 Å². The average Bonchev–Trinajstić information content (AvgIpc) is 2.67. The first kappa shape index (κ1) is 23.8. The smallest absolute Gasteiger partial charge is 0.119 e. The van der Waals surface area contributed by atoms with Crippen LogP contribution in [0.3, 0.4) is 0 Å². The highest BCUT2D eigenvalue weighted by atomic mass is 16.5. The Balaban J connectivity index is 0.00000301. The number of nitrogens with one attached hydrogen (secondary N) is 1. The molecule has 0 radical (unpaired) electrons. The van der Waals surface area contributed by atoms with Crippen LogP contribution in [0.2, 0.25) is 0 Å². The monoisotopic (exact) mass is 358 g/mol. The molecule has 0 saturated carbocycles. The van der Waals surface area contributed by atoms with Crippen molar-refractivity contribution in [2.45, 2.75) is 64.8 Å². The van der Waals surface area contributed by atoms with E-state index in [1.54, 1.807) is 6.20 Å². The molecule has 3 N–H and O–H groups in total. The topological polar surface area (TPSA) is 47.3 Å². The summed E-state index contributed by atoms with van der Waals surface area (Å²) in [6, 6.07) is 0.142. The van der Waals surface area contributed by atoms with Crippen molar-refractivity contribution in [2.24, 2.45) is 5.73 Å². The molecular formula is C23H38N2O. The first-order chi connectivity index (χ1) is 12.8. The van der Waals surface area contributed by atoms with Gasteiger partial charge in [0.2, 0.25) is 0 Å². The van der Waals surface area contributed by atoms with Crippen LogP contribution in [0, 0.1) is 0 Å². The fraction of sp³-hybridized carbons (Fsp3) is 0.478. The van der Waals surface area contributed by atoms with Gasteiger partial charge in [0.1, 0.15) is 5.76 Å². The third-order valence-corrected chi connectivity index (χ3v) is 3.78. The maximum absolute atomic E-state index is 5.83. The first-order valence-corrected chi connectivity index (χ1v) is 9.88. The van der Waals surface area contributed by atoms with Crippen molar-refractivity contribution in [2.75, 3.05) is 6.61 Å². The Labute approximate surface area is 161 Å². The van der Waals surface area contributed by atoms with Crippen LogP contribution in [-0.4, -0.2) is 12.6 Å². The Kier molecular flexibility index (Phi) is 16.2. The summed E-state index contributed by atoms with van der Waals surface area (Å²) in [5.74, 6) is 0.927. The molecule has 0 aromatic heterocycles. The fourth-order valence-electron chi connectivity index (χ4n) is 2.49. The minimum Gasteiger partial charge on any atom is -0.494 e. The Morgan fingerprint density at radius 2 is 1.85 bits per heavy atom. The molecule has 146 valence electrons. The summed E-state index contributed by atoms with van der Waals surface area (Å²) in [4.78, 5) is 0. The Hall–Kier alpha value is -2.16. The van der Waals surface area contributed by atoms with Crippen LogP contribution in [0.15, 0.2) is 73.3 Å². The van der Waals surface area contributed by atoms with Crippen LogP contribution in [0.1, 0.15) is 58.8 Å². The summed E-state index contributed by atoms with van der Waals surface area (Å²) >= 11 is 0. The fourth-order valence-corrected chi connectivity index (χ4v) is 2.49. The van der Waals surface area contributed by atoms with Gasteiger partial charge in [-0.15, -0.1) is 13.2 Å². The molecule has 0 aromatic carbocycles. The van der Waals surface area contributed by atoms with Gasteiger partial charge >= 0.3 is 0 Å². The van der Waals surface area contributed by atoms with Gasteiger partial charge in [0.25, 0.3) is 0 Å². The van der Waals surface area contributed by atoms with E-state index >= 15 is 0 Å². The third kappa shape index (κ3) is 12.2. The van der Waals surface area contributed by atoms with Crippen molar-refractivity contribution in [1.82, 2.24) is 5.32 Å². The van der Waals surface area contributed by atoms with E-state index in [9.17, 15) is 0 Å². The van der Waals surface area contributed by atoms with Crippen LogP contribution >= 0.6 is 0 Å². The number of rotatable bonds is 13. The summed E-state index contributed by atoms with van der Waals surface area (Å²) < 4.78 is 5.83. The van der Waals surface area contributed by atoms with Gasteiger partial charge < -0.3 is 15.8 Å². The number of hydrogen-bond donors (Lipinski definition) is 2. The molecule has 0 bridgehead atoms. The molecule has 1 aliphatic rings. The Morgan fingerprint density at radius 1 is 1.15 bits per heavy atom. The van der Waals surface area contributed by atoms with Crippen molar-refractivity contribution in [1.29, 1.82) is 0 Å². The lowest BCUT2D eigenvalue weighted by Gasteiger charge is -2.18. The van der Waals surface area contributed by atoms with Gasteiger partial charge in [-0.05, 0) is 74.9 Å². The number of ether oxygens (including phenoxy) is 1. The second kappa shape index (κ2) is 17.7. The molecule has 1 atom stereocenters. The van der Waals surface area contributed by atoms with E-state index in [0.29, 0.717) is 0 Å². The molecule has 3 heteroatoms. The SMILES string of the molecule is C=CCCCCOC1=CC(/C=C(\C=C/N)CCCCC=C)NC=C1.CC. The van der Waals surface area contributed by atoms with Crippen LogP contribution in [-0.2, 0) is 4.74 Å². The summed E-state index contributed by atoms with van der Waals surface area (Å²) in [6.45, 7) is 12.2. The molecule has 1 aliphatic heterocycles. The van der Waals surface area contributed by atoms with Crippen molar-refractivity contribution in [3.63, 3.8) is 0 Å². The standard InChI is InChI=1S/C21H32N2O.C2H6/c1-3-5-7-9-11-19(12-14-22)17-20-18-21(13-15-23-20)24-16-10-8-6-4-2;1-2/h3-4,12-15,17-18,20,23H,1-2,5-11,16,22H2;1-2H3/b14-12-,19-17-;. The van der Waals surface area contributed by atoms with Crippen LogP contribution in [0.4, 0.5) is 0 Å². The molecule has 1 rings (SSSR count). The van der Waals surface area contributed by atoms with Gasteiger partial charge in [0.05, 0.1) is 12.6 Å². The normalized spacial score (nSPS) is 16.3. The number of nitrogens with two attached hydrogens (primary N) is 1. The van der Waals surface area contributed by atoms with Crippen LogP contribution in [0.5, 0.6) is 0 Å². The number of dihydropyridines is 1. The molecular weight excluding hydrogens is 320 g/mol. The van der Waals surface area contributed by atoms with Gasteiger partial charge in [0, 0.05) is 6.20 Å².